The molecule has 0 aliphatic rings. The predicted molar refractivity (Wildman–Crippen MR) is 62.8 cm³/mol. The normalized spacial score (nSPS) is 10.9. The highest BCUT2D eigenvalue weighted by molar-refractivity contribution is 9.10. The fourth-order valence-corrected chi connectivity index (χ4v) is 2.49. The first-order valence-electron chi connectivity index (χ1n) is 4.67. The number of carbonyl (C=O) groups excluding carboxylic acids is 1. The quantitative estimate of drug-likeness (QED) is 0.837. The maximum atomic E-state index is 11.0. The number of aromatic nitrogens is 2. The number of halogens is 1. The highest BCUT2D eigenvalue weighted by atomic mass is 79.9. The van der Waals surface area contributed by atoms with Gasteiger partial charge in [-0.25, -0.2) is 0 Å². The number of carbonyl (C=O) groups is 1. The first-order valence-corrected chi connectivity index (χ1v) is 5.47. The molecule has 3 nitrogen and oxygen atoms in total. The molecule has 0 bridgehead atoms. The fourth-order valence-electron chi connectivity index (χ4n) is 1.71. The standard InChI is InChI=1S/C11H11BrN2O/c1-7(15)3-8-4-9-6-13-14(2)11(9)10(12)5-8/h4-6H,3H2,1-2H3. The largest absolute Gasteiger partial charge is 0.300 e. The Kier molecular flexibility index (Phi) is 2.61. The minimum atomic E-state index is 0.171. The second-order valence-corrected chi connectivity index (χ2v) is 4.52. The van der Waals surface area contributed by atoms with E-state index in [9.17, 15) is 4.79 Å². The lowest BCUT2D eigenvalue weighted by Gasteiger charge is -2.02. The third-order valence-electron chi connectivity index (χ3n) is 2.30. The van der Waals surface area contributed by atoms with Gasteiger partial charge in [-0.2, -0.15) is 5.10 Å². The first-order chi connectivity index (χ1) is 7.08. The number of aryl methyl sites for hydroxylation is 1. The summed E-state index contributed by atoms with van der Waals surface area (Å²) in [6, 6.07) is 3.99. The van der Waals surface area contributed by atoms with Crippen molar-refractivity contribution in [3.8, 4) is 0 Å². The van der Waals surface area contributed by atoms with E-state index >= 15 is 0 Å². The molecule has 0 spiro atoms. The molecule has 0 atom stereocenters. The number of Topliss-reactive ketones (excluding diaryl/α,β-unsaturated/α-hetero) is 1. The third-order valence-corrected chi connectivity index (χ3v) is 2.90. The monoisotopic (exact) mass is 266 g/mol. The number of benzene rings is 1. The molecule has 0 amide bonds. The van der Waals surface area contributed by atoms with Crippen LogP contribution in [0, 0.1) is 0 Å². The molecule has 0 N–H and O–H groups in total. The van der Waals surface area contributed by atoms with Crippen LogP contribution in [0.2, 0.25) is 0 Å². The van der Waals surface area contributed by atoms with Crippen LogP contribution in [0.3, 0.4) is 0 Å². The van der Waals surface area contributed by atoms with E-state index in [-0.39, 0.29) is 5.78 Å². The molecular weight excluding hydrogens is 256 g/mol. The smallest absolute Gasteiger partial charge is 0.134 e. The van der Waals surface area contributed by atoms with E-state index in [1.54, 1.807) is 6.92 Å². The van der Waals surface area contributed by atoms with Gasteiger partial charge in [0, 0.05) is 23.3 Å². The lowest BCUT2D eigenvalue weighted by Crippen LogP contribution is -1.97. The summed E-state index contributed by atoms with van der Waals surface area (Å²) in [4.78, 5) is 11.0. The van der Waals surface area contributed by atoms with Gasteiger partial charge in [-0.15, -0.1) is 0 Å². The molecule has 0 unspecified atom stereocenters. The lowest BCUT2D eigenvalue weighted by molar-refractivity contribution is -0.116. The van der Waals surface area contributed by atoms with Crippen molar-refractivity contribution in [2.75, 3.05) is 0 Å². The van der Waals surface area contributed by atoms with E-state index in [1.165, 1.54) is 0 Å². The molecule has 1 aromatic heterocycles. The van der Waals surface area contributed by atoms with Crippen molar-refractivity contribution in [2.24, 2.45) is 7.05 Å². The predicted octanol–water partition coefficient (Wildman–Crippen LogP) is 2.47. The molecule has 0 aliphatic heterocycles. The number of ketones is 1. The molecule has 0 aliphatic carbocycles. The van der Waals surface area contributed by atoms with E-state index in [0.29, 0.717) is 6.42 Å². The van der Waals surface area contributed by atoms with Crippen LogP contribution in [-0.4, -0.2) is 15.6 Å². The second-order valence-electron chi connectivity index (χ2n) is 3.66. The molecule has 0 saturated heterocycles. The van der Waals surface area contributed by atoms with Gasteiger partial charge in [0.05, 0.1) is 11.7 Å². The first kappa shape index (κ1) is 10.4. The summed E-state index contributed by atoms with van der Waals surface area (Å²) in [5.74, 6) is 0.171. The third kappa shape index (κ3) is 1.95. The van der Waals surface area contributed by atoms with Crippen molar-refractivity contribution in [3.63, 3.8) is 0 Å². The Morgan fingerprint density at radius 2 is 2.27 bits per heavy atom. The van der Waals surface area contributed by atoms with Gasteiger partial charge in [0.15, 0.2) is 0 Å². The molecule has 78 valence electrons. The average molecular weight is 267 g/mol. The van der Waals surface area contributed by atoms with Gasteiger partial charge in [0.2, 0.25) is 0 Å². The van der Waals surface area contributed by atoms with Crippen LogP contribution >= 0.6 is 15.9 Å². The summed E-state index contributed by atoms with van der Waals surface area (Å²) < 4.78 is 2.80. The summed E-state index contributed by atoms with van der Waals surface area (Å²) >= 11 is 3.50. The number of hydrogen-bond donors (Lipinski definition) is 0. The fraction of sp³-hybridized carbons (Fsp3) is 0.273. The molecule has 2 rings (SSSR count). The Hall–Kier alpha value is -1.16. The zero-order valence-electron chi connectivity index (χ0n) is 8.62. The molecule has 0 radical (unpaired) electrons. The molecule has 4 heteroatoms. The second kappa shape index (κ2) is 3.77. The molecule has 0 saturated carbocycles. The van der Waals surface area contributed by atoms with Crippen LogP contribution in [0.4, 0.5) is 0 Å². The van der Waals surface area contributed by atoms with E-state index in [0.717, 1.165) is 20.9 Å². The Bertz CT molecular complexity index is 531. The summed E-state index contributed by atoms with van der Waals surface area (Å²) in [7, 11) is 1.90. The Morgan fingerprint density at radius 1 is 1.53 bits per heavy atom. The van der Waals surface area contributed by atoms with E-state index in [2.05, 4.69) is 21.0 Å². The molecule has 2 aromatic rings. The zero-order chi connectivity index (χ0) is 11.0. The zero-order valence-corrected chi connectivity index (χ0v) is 10.2. The number of hydrogen-bond acceptors (Lipinski definition) is 2. The summed E-state index contributed by atoms with van der Waals surface area (Å²) in [6.45, 7) is 1.60. The van der Waals surface area contributed by atoms with E-state index in [4.69, 9.17) is 0 Å². The van der Waals surface area contributed by atoms with Gasteiger partial charge in [0.25, 0.3) is 0 Å². The van der Waals surface area contributed by atoms with Gasteiger partial charge in [-0.05, 0) is 40.5 Å². The van der Waals surface area contributed by atoms with Crippen molar-refractivity contribution >= 4 is 32.6 Å². The van der Waals surface area contributed by atoms with E-state index in [1.807, 2.05) is 30.1 Å². The number of rotatable bonds is 2. The minimum absolute atomic E-state index is 0.171. The molecule has 1 heterocycles. The Labute approximate surface area is 96.2 Å². The van der Waals surface area contributed by atoms with Crippen molar-refractivity contribution in [3.05, 3.63) is 28.4 Å². The van der Waals surface area contributed by atoms with Gasteiger partial charge >= 0.3 is 0 Å². The van der Waals surface area contributed by atoms with Crippen LogP contribution in [0.25, 0.3) is 10.9 Å². The molecule has 0 fully saturated rings. The van der Waals surface area contributed by atoms with Crippen LogP contribution in [0.1, 0.15) is 12.5 Å². The minimum Gasteiger partial charge on any atom is -0.300 e. The van der Waals surface area contributed by atoms with Crippen molar-refractivity contribution < 1.29 is 4.79 Å². The molecule has 15 heavy (non-hydrogen) atoms. The Balaban J connectivity index is 2.58. The maximum absolute atomic E-state index is 11.0. The van der Waals surface area contributed by atoms with Crippen LogP contribution in [-0.2, 0) is 18.3 Å². The highest BCUT2D eigenvalue weighted by Crippen LogP contribution is 2.25. The summed E-state index contributed by atoms with van der Waals surface area (Å²) in [5.41, 5.74) is 2.08. The summed E-state index contributed by atoms with van der Waals surface area (Å²) in [6.07, 6.45) is 2.28. The van der Waals surface area contributed by atoms with Crippen LogP contribution in [0.5, 0.6) is 0 Å². The maximum Gasteiger partial charge on any atom is 0.134 e. The number of nitrogens with zero attached hydrogens (tertiary/aromatic N) is 2. The Morgan fingerprint density at radius 3 is 2.93 bits per heavy atom. The topological polar surface area (TPSA) is 34.9 Å². The SMILES string of the molecule is CC(=O)Cc1cc(Br)c2c(cnn2C)c1. The summed E-state index contributed by atoms with van der Waals surface area (Å²) in [5, 5.41) is 5.24. The van der Waals surface area contributed by atoms with Crippen LogP contribution in [0.15, 0.2) is 22.8 Å². The lowest BCUT2D eigenvalue weighted by atomic mass is 10.1. The average Bonchev–Trinajstić information content (AvgIpc) is 2.46. The number of fused-ring (bicyclic) bond motifs is 1. The van der Waals surface area contributed by atoms with Crippen molar-refractivity contribution in [1.29, 1.82) is 0 Å². The van der Waals surface area contributed by atoms with Crippen molar-refractivity contribution in [2.45, 2.75) is 13.3 Å². The van der Waals surface area contributed by atoms with E-state index < -0.39 is 0 Å². The van der Waals surface area contributed by atoms with Crippen LogP contribution < -0.4 is 0 Å². The van der Waals surface area contributed by atoms with Gasteiger partial charge in [-0.1, -0.05) is 0 Å². The molecule has 1 aromatic carbocycles. The molecular formula is C11H11BrN2O. The van der Waals surface area contributed by atoms with Gasteiger partial charge in [-0.3, -0.25) is 9.48 Å². The van der Waals surface area contributed by atoms with Gasteiger partial charge in [0.1, 0.15) is 5.78 Å². The van der Waals surface area contributed by atoms with Crippen molar-refractivity contribution in [1.82, 2.24) is 9.78 Å². The highest BCUT2D eigenvalue weighted by Gasteiger charge is 2.07. The van der Waals surface area contributed by atoms with Gasteiger partial charge < -0.3 is 0 Å².